The first-order valence-electron chi connectivity index (χ1n) is 15.9. The monoisotopic (exact) mass is 673 g/mol. The number of anilines is 1. The largest absolute Gasteiger partial charge is 0.543 e. The molecule has 0 bridgehead atoms. The average Bonchev–Trinajstić information content (AvgIpc) is 2.84. The molecule has 0 aliphatic carbocycles. The first kappa shape index (κ1) is 39.4. The van der Waals surface area contributed by atoms with Crippen molar-refractivity contribution in [2.75, 3.05) is 18.1 Å². The van der Waals surface area contributed by atoms with E-state index in [9.17, 15) is 14.4 Å². The van der Waals surface area contributed by atoms with Gasteiger partial charge in [0, 0.05) is 6.07 Å². The van der Waals surface area contributed by atoms with Crippen molar-refractivity contribution < 1.29 is 37.8 Å². The highest BCUT2D eigenvalue weighted by Gasteiger charge is 2.39. The van der Waals surface area contributed by atoms with Gasteiger partial charge in [-0.15, -0.1) is 0 Å². The zero-order valence-electron chi connectivity index (χ0n) is 30.8. The third-order valence-corrected chi connectivity index (χ3v) is 11.2. The Morgan fingerprint density at radius 2 is 1.19 bits per heavy atom. The fraction of sp³-hybridized carbons (Fsp3) is 0.600. The molecule has 12 heteroatoms. The van der Waals surface area contributed by atoms with Crippen molar-refractivity contribution >= 4 is 32.4 Å². The average molecular weight is 674 g/mol. The summed E-state index contributed by atoms with van der Waals surface area (Å²) in [5.41, 5.74) is -2.10. The summed E-state index contributed by atoms with van der Waals surface area (Å²) in [6.45, 7) is 26.8. The Kier molecular flexibility index (Phi) is 12.5. The molecule has 0 saturated carbocycles. The van der Waals surface area contributed by atoms with E-state index in [1.165, 1.54) is 11.0 Å². The minimum atomic E-state index is -2.04. The van der Waals surface area contributed by atoms with Crippen LogP contribution in [0.25, 0.3) is 0 Å². The molecule has 1 aromatic heterocycles. The van der Waals surface area contributed by atoms with Crippen LogP contribution in [0.1, 0.15) is 88.8 Å². The summed E-state index contributed by atoms with van der Waals surface area (Å²) in [6, 6.07) is 12.3. The summed E-state index contributed by atoms with van der Waals surface area (Å²) in [5.74, 6) is 1.33. The fourth-order valence-electron chi connectivity index (χ4n) is 3.66. The predicted octanol–water partition coefficient (Wildman–Crippen LogP) is 8.96. The molecule has 1 aromatic carbocycles. The van der Waals surface area contributed by atoms with E-state index in [1.807, 2.05) is 24.3 Å². The normalized spacial score (nSPS) is 12.6. The summed E-state index contributed by atoms with van der Waals surface area (Å²) < 4.78 is 29.1. The van der Waals surface area contributed by atoms with Gasteiger partial charge in [-0.1, -0.05) is 32.9 Å². The topological polar surface area (TPSA) is 117 Å². The zero-order chi connectivity index (χ0) is 36.0. The lowest BCUT2D eigenvalue weighted by molar-refractivity contribution is 0.0205. The molecule has 0 aliphatic heterocycles. The second-order valence-electron chi connectivity index (χ2n) is 15.9. The maximum absolute atomic E-state index is 13.3. The second kappa shape index (κ2) is 15.0. The van der Waals surface area contributed by atoms with E-state index in [0.29, 0.717) is 11.4 Å². The Morgan fingerprint density at radius 3 is 1.70 bits per heavy atom. The van der Waals surface area contributed by atoms with Gasteiger partial charge in [0.2, 0.25) is 8.32 Å². The van der Waals surface area contributed by atoms with Crippen LogP contribution in [0.15, 0.2) is 42.5 Å². The van der Waals surface area contributed by atoms with E-state index in [4.69, 9.17) is 23.4 Å². The number of ether oxygens (including phenoxy) is 4. The predicted molar refractivity (Wildman–Crippen MR) is 186 cm³/mol. The highest BCUT2D eigenvalue weighted by atomic mass is 28.4. The first-order chi connectivity index (χ1) is 21.3. The molecule has 3 amide bonds. The summed E-state index contributed by atoms with van der Waals surface area (Å²) in [5, 5.41) is 0.0416. The molecule has 0 saturated heterocycles. The van der Waals surface area contributed by atoms with Crippen LogP contribution in [0.4, 0.5) is 20.2 Å². The van der Waals surface area contributed by atoms with E-state index < -0.39 is 43.4 Å². The number of amides is 3. The Bertz CT molecular complexity index is 1360. The van der Waals surface area contributed by atoms with Crippen LogP contribution in [0.5, 0.6) is 11.5 Å². The molecule has 2 rings (SSSR count). The molecule has 0 spiro atoms. The van der Waals surface area contributed by atoms with Crippen LogP contribution < -0.4 is 14.1 Å². The van der Waals surface area contributed by atoms with Crippen molar-refractivity contribution in [2.24, 2.45) is 0 Å². The van der Waals surface area contributed by atoms with Gasteiger partial charge in [-0.3, -0.25) is 4.90 Å². The number of hydrogen-bond acceptors (Lipinski definition) is 9. The number of nitrogens with zero attached hydrogens (tertiary/aromatic N) is 3. The lowest BCUT2D eigenvalue weighted by Gasteiger charge is -2.36. The first-order valence-corrected chi connectivity index (χ1v) is 18.8. The Hall–Kier alpha value is -3.80. The lowest BCUT2D eigenvalue weighted by atomic mass is 10.2. The van der Waals surface area contributed by atoms with Crippen LogP contribution >= 0.6 is 0 Å². The van der Waals surface area contributed by atoms with Gasteiger partial charge in [0.15, 0.2) is 0 Å². The molecule has 262 valence electrons. The van der Waals surface area contributed by atoms with Crippen LogP contribution in [0.3, 0.4) is 0 Å². The molecule has 0 atom stereocenters. The van der Waals surface area contributed by atoms with E-state index >= 15 is 0 Å². The molecule has 0 N–H and O–H groups in total. The summed E-state index contributed by atoms with van der Waals surface area (Å²) >= 11 is 0. The molecule has 0 fully saturated rings. The third-order valence-electron chi connectivity index (χ3n) is 6.79. The molecule has 2 aromatic rings. The van der Waals surface area contributed by atoms with Gasteiger partial charge in [0.05, 0.1) is 18.8 Å². The van der Waals surface area contributed by atoms with Crippen molar-refractivity contribution in [2.45, 2.75) is 125 Å². The Morgan fingerprint density at radius 1 is 0.702 bits per heavy atom. The number of carbonyl (C=O) groups excluding carboxylic acids is 3. The fourth-order valence-corrected chi connectivity index (χ4v) is 4.68. The van der Waals surface area contributed by atoms with Gasteiger partial charge in [0.1, 0.15) is 40.7 Å². The second-order valence-corrected chi connectivity index (χ2v) is 20.6. The number of rotatable bonds is 9. The van der Waals surface area contributed by atoms with E-state index in [-0.39, 0.29) is 30.6 Å². The van der Waals surface area contributed by atoms with Gasteiger partial charge >= 0.3 is 18.3 Å². The van der Waals surface area contributed by atoms with Gasteiger partial charge in [-0.25, -0.2) is 19.4 Å². The van der Waals surface area contributed by atoms with E-state index in [0.717, 1.165) is 10.6 Å². The molecular formula is C35H55N3O8Si. The van der Waals surface area contributed by atoms with E-state index in [1.54, 1.807) is 74.4 Å². The Labute approximate surface area is 282 Å². The molecule has 0 radical (unpaired) electrons. The van der Waals surface area contributed by atoms with Crippen LogP contribution in [-0.4, -0.2) is 66.4 Å². The van der Waals surface area contributed by atoms with Gasteiger partial charge < -0.3 is 23.4 Å². The zero-order valence-corrected chi connectivity index (χ0v) is 31.8. The molecule has 47 heavy (non-hydrogen) atoms. The van der Waals surface area contributed by atoms with Gasteiger partial charge in [0.25, 0.3) is 0 Å². The van der Waals surface area contributed by atoms with Crippen molar-refractivity contribution in [3.05, 3.63) is 48.2 Å². The van der Waals surface area contributed by atoms with Crippen molar-refractivity contribution in [1.82, 2.24) is 9.88 Å². The molecule has 0 aliphatic rings. The van der Waals surface area contributed by atoms with Gasteiger partial charge in [-0.2, -0.15) is 4.90 Å². The third kappa shape index (κ3) is 13.5. The Balaban J connectivity index is 2.32. The van der Waals surface area contributed by atoms with Crippen LogP contribution in [0.2, 0.25) is 18.1 Å². The number of carbonyl (C=O) groups is 3. The maximum Gasteiger partial charge on any atom is 0.425 e. The van der Waals surface area contributed by atoms with Crippen molar-refractivity contribution in [1.29, 1.82) is 0 Å². The summed E-state index contributed by atoms with van der Waals surface area (Å²) in [6.07, 6.45) is -2.44. The molecule has 1 heterocycles. The smallest absolute Gasteiger partial charge is 0.425 e. The minimum absolute atomic E-state index is 0.00932. The van der Waals surface area contributed by atoms with Crippen molar-refractivity contribution in [3.63, 3.8) is 0 Å². The summed E-state index contributed by atoms with van der Waals surface area (Å²) in [4.78, 5) is 46.4. The number of benzene rings is 1. The SMILES string of the molecule is CC(C)(C)OC(=O)N(CCOc1cccc(O[Si](C)(C)C(C)(C)C)c1)Cc1cccc(N(C(=O)OC(C)(C)C)C(=O)OC(C)(C)C)n1. The standard InChI is InChI=1S/C35H55N3O8Si/c1-32(2,3)43-29(39)37(21-22-42-26-18-16-19-27(23-26)46-47(13,14)35(10,11)12)24-25-17-15-20-28(36-25)38(30(40)44-33(4,5)6)31(41)45-34(7,8)9/h15-20,23H,21-22,24H2,1-14H3. The highest BCUT2D eigenvalue weighted by molar-refractivity contribution is 6.74. The number of aromatic nitrogens is 1. The number of pyridine rings is 1. The van der Waals surface area contributed by atoms with Crippen LogP contribution in [-0.2, 0) is 20.8 Å². The van der Waals surface area contributed by atoms with E-state index in [2.05, 4.69) is 38.8 Å². The minimum Gasteiger partial charge on any atom is -0.543 e. The molecule has 11 nitrogen and oxygen atoms in total. The number of imide groups is 1. The lowest BCUT2D eigenvalue weighted by Crippen LogP contribution is -2.44. The highest BCUT2D eigenvalue weighted by Crippen LogP contribution is 2.38. The number of hydrogen-bond donors (Lipinski definition) is 0. The van der Waals surface area contributed by atoms with Crippen LogP contribution in [0, 0.1) is 0 Å². The van der Waals surface area contributed by atoms with Crippen molar-refractivity contribution in [3.8, 4) is 11.5 Å². The molecular weight excluding hydrogens is 618 g/mol. The quantitative estimate of drug-likeness (QED) is 0.190. The maximum atomic E-state index is 13.3. The molecule has 0 unspecified atom stereocenters. The van der Waals surface area contributed by atoms with Gasteiger partial charge in [-0.05, 0) is 105 Å². The summed E-state index contributed by atoms with van der Waals surface area (Å²) in [7, 11) is -2.04.